The van der Waals surface area contributed by atoms with Gasteiger partial charge >= 0.3 is 0 Å². The second kappa shape index (κ2) is 5.44. The number of aromatic nitrogens is 5. The van der Waals surface area contributed by atoms with Gasteiger partial charge in [-0.1, -0.05) is 0 Å². The molecule has 0 bridgehead atoms. The van der Waals surface area contributed by atoms with Crippen molar-refractivity contribution < 1.29 is 9.59 Å². The van der Waals surface area contributed by atoms with Crippen molar-refractivity contribution in [2.45, 2.75) is 13.3 Å². The van der Waals surface area contributed by atoms with Gasteiger partial charge in [-0.05, 0) is 13.0 Å². The van der Waals surface area contributed by atoms with Gasteiger partial charge in [0.2, 0.25) is 11.8 Å². The van der Waals surface area contributed by atoms with Crippen molar-refractivity contribution in [3.63, 3.8) is 0 Å². The molecule has 122 valence electrons. The average Bonchev–Trinajstić information content (AvgIpc) is 3.28. The molecule has 9 heteroatoms. The summed E-state index contributed by atoms with van der Waals surface area (Å²) in [4.78, 5) is 30.3. The normalized spacial score (nSPS) is 17.6. The predicted octanol–water partition coefficient (Wildman–Crippen LogP) is 0.981. The molecule has 1 saturated heterocycles. The lowest BCUT2D eigenvalue weighted by atomic mass is 10.1. The zero-order valence-electron chi connectivity index (χ0n) is 12.9. The minimum atomic E-state index is -0.409. The Morgan fingerprint density at radius 3 is 3.08 bits per heavy atom. The molecule has 24 heavy (non-hydrogen) atoms. The van der Waals surface area contributed by atoms with E-state index >= 15 is 0 Å². The van der Waals surface area contributed by atoms with Crippen molar-refractivity contribution in [3.05, 3.63) is 30.4 Å². The van der Waals surface area contributed by atoms with Crippen LogP contribution in [0.2, 0.25) is 0 Å². The molecule has 0 radical (unpaired) electrons. The van der Waals surface area contributed by atoms with Crippen molar-refractivity contribution in [2.24, 2.45) is 5.92 Å². The second-order valence-corrected chi connectivity index (χ2v) is 5.79. The number of nitrogens with zero attached hydrogens (tertiary/aromatic N) is 4. The first-order chi connectivity index (χ1) is 11.6. The molecule has 0 aliphatic carbocycles. The van der Waals surface area contributed by atoms with Crippen LogP contribution in [0.1, 0.15) is 12.1 Å². The molecule has 2 amide bonds. The van der Waals surface area contributed by atoms with Crippen LogP contribution in [0.3, 0.4) is 0 Å². The number of fused-ring (bicyclic) bond motifs is 1. The van der Waals surface area contributed by atoms with Crippen LogP contribution < -0.4 is 10.2 Å². The van der Waals surface area contributed by atoms with Gasteiger partial charge in [0.25, 0.3) is 0 Å². The fraction of sp³-hybridized carbons (Fsp3) is 0.267. The smallest absolute Gasteiger partial charge is 0.229 e. The number of hydrogen-bond acceptors (Lipinski definition) is 5. The number of aromatic amines is 2. The fourth-order valence-electron chi connectivity index (χ4n) is 2.86. The number of anilines is 2. The maximum Gasteiger partial charge on any atom is 0.229 e. The van der Waals surface area contributed by atoms with Gasteiger partial charge in [-0.2, -0.15) is 10.2 Å². The number of H-pyrrole nitrogens is 2. The zero-order chi connectivity index (χ0) is 16.7. The molecule has 4 heterocycles. The number of hydrogen-bond donors (Lipinski definition) is 3. The molecule has 1 aliphatic rings. The number of aryl methyl sites for hydroxylation is 1. The van der Waals surface area contributed by atoms with Gasteiger partial charge in [0.1, 0.15) is 0 Å². The maximum atomic E-state index is 12.5. The van der Waals surface area contributed by atoms with Crippen molar-refractivity contribution in [1.82, 2.24) is 25.4 Å². The first-order valence-corrected chi connectivity index (χ1v) is 7.52. The minimum Gasteiger partial charge on any atom is -0.324 e. The lowest BCUT2D eigenvalue weighted by Crippen LogP contribution is -2.27. The summed E-state index contributed by atoms with van der Waals surface area (Å²) in [5.74, 6) is -0.694. The van der Waals surface area contributed by atoms with Gasteiger partial charge in [-0.15, -0.1) is 0 Å². The SMILES string of the molecule is Cc1[nH]nc2ncc(NC(=O)C3CC(=O)N(c4cn[nH]c4)C3)cc12. The average molecular weight is 325 g/mol. The van der Waals surface area contributed by atoms with Crippen LogP contribution in [0.4, 0.5) is 11.4 Å². The Morgan fingerprint density at radius 1 is 1.42 bits per heavy atom. The monoisotopic (exact) mass is 325 g/mol. The quantitative estimate of drug-likeness (QED) is 0.663. The molecular formula is C15H15N7O2. The molecule has 3 aromatic rings. The third kappa shape index (κ3) is 2.39. The summed E-state index contributed by atoms with van der Waals surface area (Å²) < 4.78 is 0. The van der Waals surface area contributed by atoms with Crippen LogP contribution in [0.5, 0.6) is 0 Å². The first-order valence-electron chi connectivity index (χ1n) is 7.52. The van der Waals surface area contributed by atoms with E-state index in [9.17, 15) is 9.59 Å². The van der Waals surface area contributed by atoms with Gasteiger partial charge in [-0.3, -0.25) is 19.8 Å². The van der Waals surface area contributed by atoms with Crippen LogP contribution in [0.15, 0.2) is 24.7 Å². The van der Waals surface area contributed by atoms with Gasteiger partial charge in [0.15, 0.2) is 5.65 Å². The number of carbonyl (C=O) groups excluding carboxylic acids is 2. The van der Waals surface area contributed by atoms with Crippen LogP contribution in [0, 0.1) is 12.8 Å². The maximum absolute atomic E-state index is 12.5. The molecular weight excluding hydrogens is 310 g/mol. The van der Waals surface area contributed by atoms with Crippen LogP contribution in [-0.4, -0.2) is 43.7 Å². The third-order valence-corrected chi connectivity index (χ3v) is 4.16. The third-order valence-electron chi connectivity index (χ3n) is 4.16. The van der Waals surface area contributed by atoms with Crippen molar-refractivity contribution in [2.75, 3.05) is 16.8 Å². The highest BCUT2D eigenvalue weighted by atomic mass is 16.2. The Balaban J connectivity index is 1.49. The van der Waals surface area contributed by atoms with Gasteiger partial charge < -0.3 is 10.2 Å². The van der Waals surface area contributed by atoms with E-state index in [1.165, 1.54) is 0 Å². The Kier molecular flexibility index (Phi) is 3.26. The summed E-state index contributed by atoms with van der Waals surface area (Å²) in [7, 11) is 0. The van der Waals surface area contributed by atoms with E-state index in [1.807, 2.05) is 13.0 Å². The van der Waals surface area contributed by atoms with Crippen LogP contribution >= 0.6 is 0 Å². The van der Waals surface area contributed by atoms with Crippen molar-refractivity contribution in [1.29, 1.82) is 0 Å². The second-order valence-electron chi connectivity index (χ2n) is 5.79. The zero-order valence-corrected chi connectivity index (χ0v) is 12.9. The first kappa shape index (κ1) is 14.4. The summed E-state index contributed by atoms with van der Waals surface area (Å²) in [5.41, 5.74) is 2.75. The Morgan fingerprint density at radius 2 is 2.29 bits per heavy atom. The summed E-state index contributed by atoms with van der Waals surface area (Å²) in [6.45, 7) is 2.23. The van der Waals surface area contributed by atoms with Crippen molar-refractivity contribution >= 4 is 34.2 Å². The van der Waals surface area contributed by atoms with Gasteiger partial charge in [0.05, 0.1) is 29.7 Å². The highest BCUT2D eigenvalue weighted by Crippen LogP contribution is 2.25. The van der Waals surface area contributed by atoms with Gasteiger partial charge in [-0.25, -0.2) is 4.98 Å². The topological polar surface area (TPSA) is 120 Å². The molecule has 0 spiro atoms. The standard InChI is InChI=1S/C15H15N7O2/c1-8-12-3-10(4-16-14(12)21-20-8)19-15(24)9-2-13(23)22(7-9)11-5-17-18-6-11/h3-6,9H,2,7H2,1H3,(H,17,18)(H,19,24)(H,16,20,21). The summed E-state index contributed by atoms with van der Waals surface area (Å²) in [6, 6.07) is 1.82. The van der Waals surface area contributed by atoms with Crippen LogP contribution in [-0.2, 0) is 9.59 Å². The summed E-state index contributed by atoms with van der Waals surface area (Å²) >= 11 is 0. The van der Waals surface area contributed by atoms with Crippen LogP contribution in [0.25, 0.3) is 11.0 Å². The molecule has 0 aromatic carbocycles. The van der Waals surface area contributed by atoms with E-state index < -0.39 is 5.92 Å². The molecule has 1 unspecified atom stereocenters. The molecule has 0 saturated carbocycles. The van der Waals surface area contributed by atoms with Gasteiger partial charge in [0, 0.05) is 30.2 Å². The van der Waals surface area contributed by atoms with E-state index in [2.05, 4.69) is 30.7 Å². The number of amides is 2. The Labute approximate surface area is 136 Å². The van der Waals surface area contributed by atoms with E-state index in [4.69, 9.17) is 0 Å². The number of rotatable bonds is 3. The summed E-state index contributed by atoms with van der Waals surface area (Å²) in [6.07, 6.45) is 4.94. The molecule has 1 fully saturated rings. The number of carbonyl (C=O) groups is 2. The molecule has 3 N–H and O–H groups in total. The van der Waals surface area contributed by atoms with E-state index in [0.717, 1.165) is 11.1 Å². The molecule has 3 aromatic heterocycles. The lowest BCUT2D eigenvalue weighted by molar-refractivity contribution is -0.122. The highest BCUT2D eigenvalue weighted by molar-refractivity contribution is 6.03. The summed E-state index contributed by atoms with van der Waals surface area (Å²) in [5, 5.41) is 17.1. The van der Waals surface area contributed by atoms with E-state index in [1.54, 1.807) is 23.5 Å². The Bertz CT molecular complexity index is 915. The molecule has 4 rings (SSSR count). The van der Waals surface area contributed by atoms with Crippen molar-refractivity contribution in [3.8, 4) is 0 Å². The molecule has 1 atom stereocenters. The fourth-order valence-corrected chi connectivity index (χ4v) is 2.86. The van der Waals surface area contributed by atoms with E-state index in [0.29, 0.717) is 23.6 Å². The lowest BCUT2D eigenvalue weighted by Gasteiger charge is -2.14. The number of pyridine rings is 1. The highest BCUT2D eigenvalue weighted by Gasteiger charge is 2.35. The van der Waals surface area contributed by atoms with E-state index in [-0.39, 0.29) is 18.2 Å². The largest absolute Gasteiger partial charge is 0.324 e. The molecule has 1 aliphatic heterocycles. The minimum absolute atomic E-state index is 0.0872. The predicted molar refractivity (Wildman–Crippen MR) is 86.3 cm³/mol. The number of nitrogens with one attached hydrogen (secondary N) is 3. The molecule has 9 nitrogen and oxygen atoms in total. The Hall–Kier alpha value is -3.23.